The van der Waals surface area contributed by atoms with E-state index in [0.717, 1.165) is 25.0 Å². The van der Waals surface area contributed by atoms with Crippen molar-refractivity contribution in [3.8, 4) is 0 Å². The van der Waals surface area contributed by atoms with E-state index in [0.29, 0.717) is 17.9 Å². The molecule has 3 N–H and O–H groups in total. The van der Waals surface area contributed by atoms with Crippen LogP contribution in [0.2, 0.25) is 0 Å². The van der Waals surface area contributed by atoms with Crippen LogP contribution in [-0.2, 0) is 6.18 Å². The van der Waals surface area contributed by atoms with Gasteiger partial charge in [-0.1, -0.05) is 37.5 Å². The number of hydrogen-bond donors (Lipinski definition) is 2. The van der Waals surface area contributed by atoms with Gasteiger partial charge < -0.3 is 10.8 Å². The Hall–Kier alpha value is -1.07. The molecule has 0 bridgehead atoms. The topological polar surface area (TPSA) is 46.2 Å². The van der Waals surface area contributed by atoms with Crippen LogP contribution in [0.25, 0.3) is 0 Å². The van der Waals surface area contributed by atoms with Crippen LogP contribution in [0, 0.1) is 5.92 Å². The lowest BCUT2D eigenvalue weighted by molar-refractivity contribution is -0.137. The van der Waals surface area contributed by atoms with Crippen molar-refractivity contribution in [1.29, 1.82) is 0 Å². The fourth-order valence-corrected chi connectivity index (χ4v) is 2.70. The van der Waals surface area contributed by atoms with E-state index in [4.69, 9.17) is 5.73 Å². The Morgan fingerprint density at radius 2 is 2.00 bits per heavy atom. The van der Waals surface area contributed by atoms with Gasteiger partial charge in [0, 0.05) is 12.5 Å². The van der Waals surface area contributed by atoms with Crippen LogP contribution in [-0.4, -0.2) is 17.8 Å². The van der Waals surface area contributed by atoms with Crippen LogP contribution in [0.15, 0.2) is 24.3 Å². The first kappa shape index (κ1) is 15.3. The van der Waals surface area contributed by atoms with Gasteiger partial charge in [0.15, 0.2) is 0 Å². The zero-order chi connectivity index (χ0) is 14.8. The van der Waals surface area contributed by atoms with E-state index in [1.807, 2.05) is 0 Å². The molecule has 2 rings (SSSR count). The summed E-state index contributed by atoms with van der Waals surface area (Å²) in [6.07, 6.45) is -1.05. The second kappa shape index (κ2) is 6.14. The van der Waals surface area contributed by atoms with Crippen LogP contribution in [0.4, 0.5) is 13.2 Å². The molecule has 2 unspecified atom stereocenters. The second-order valence-electron chi connectivity index (χ2n) is 5.57. The highest BCUT2D eigenvalue weighted by atomic mass is 19.4. The number of halogens is 3. The second-order valence-corrected chi connectivity index (χ2v) is 5.57. The van der Waals surface area contributed by atoms with Crippen LogP contribution in [0.3, 0.4) is 0 Å². The lowest BCUT2D eigenvalue weighted by Crippen LogP contribution is -2.30. The van der Waals surface area contributed by atoms with Gasteiger partial charge in [0.2, 0.25) is 0 Å². The molecule has 1 aromatic rings. The zero-order valence-electron chi connectivity index (χ0n) is 11.2. The van der Waals surface area contributed by atoms with Crippen LogP contribution in [0.5, 0.6) is 0 Å². The third kappa shape index (κ3) is 3.52. The minimum Gasteiger partial charge on any atom is -0.392 e. The van der Waals surface area contributed by atoms with E-state index in [-0.39, 0.29) is 6.54 Å². The maximum absolute atomic E-state index is 12.7. The van der Waals surface area contributed by atoms with Crippen molar-refractivity contribution in [1.82, 2.24) is 0 Å². The van der Waals surface area contributed by atoms with E-state index >= 15 is 0 Å². The number of alkyl halides is 3. The van der Waals surface area contributed by atoms with Gasteiger partial charge >= 0.3 is 6.18 Å². The predicted octanol–water partition coefficient (Wildman–Crippen LogP) is 3.30. The summed E-state index contributed by atoms with van der Waals surface area (Å²) in [4.78, 5) is 0. The molecular weight excluding hydrogens is 267 g/mol. The Balaban J connectivity index is 2.13. The van der Waals surface area contributed by atoms with Gasteiger partial charge in [-0.05, 0) is 24.0 Å². The number of nitrogens with two attached hydrogens (primary N) is 1. The summed E-state index contributed by atoms with van der Waals surface area (Å²) < 4.78 is 38.1. The van der Waals surface area contributed by atoms with Crippen LogP contribution < -0.4 is 5.73 Å². The quantitative estimate of drug-likeness (QED) is 0.873. The summed E-state index contributed by atoms with van der Waals surface area (Å²) in [7, 11) is 0. The summed E-state index contributed by atoms with van der Waals surface area (Å²) in [5.41, 5.74) is 5.44. The van der Waals surface area contributed by atoms with Gasteiger partial charge in [-0.25, -0.2) is 0 Å². The molecule has 0 radical (unpaired) electrons. The maximum Gasteiger partial charge on any atom is 0.416 e. The SMILES string of the molecule is NCC(c1cccc(C(F)(F)F)c1)C(O)CC1CCC1. The van der Waals surface area contributed by atoms with Crippen molar-refractivity contribution in [2.45, 2.75) is 43.9 Å². The molecule has 0 aliphatic heterocycles. The third-order valence-corrected chi connectivity index (χ3v) is 4.16. The third-order valence-electron chi connectivity index (χ3n) is 4.16. The molecule has 0 spiro atoms. The average Bonchev–Trinajstić information content (AvgIpc) is 2.34. The molecule has 0 heterocycles. The first-order chi connectivity index (χ1) is 9.41. The summed E-state index contributed by atoms with van der Waals surface area (Å²) >= 11 is 0. The van der Waals surface area contributed by atoms with E-state index < -0.39 is 23.8 Å². The number of aliphatic hydroxyl groups is 1. The van der Waals surface area contributed by atoms with Crippen molar-refractivity contribution in [2.75, 3.05) is 6.54 Å². The highest BCUT2D eigenvalue weighted by molar-refractivity contribution is 5.29. The van der Waals surface area contributed by atoms with E-state index in [1.54, 1.807) is 6.07 Å². The lowest BCUT2D eigenvalue weighted by atomic mass is 9.78. The van der Waals surface area contributed by atoms with Gasteiger partial charge in [0.1, 0.15) is 0 Å². The molecule has 1 aliphatic rings. The van der Waals surface area contributed by atoms with E-state index in [9.17, 15) is 18.3 Å². The molecule has 5 heteroatoms. The first-order valence-electron chi connectivity index (χ1n) is 6.97. The molecule has 2 atom stereocenters. The van der Waals surface area contributed by atoms with Gasteiger partial charge in [-0.3, -0.25) is 0 Å². The molecular formula is C15H20F3NO. The summed E-state index contributed by atoms with van der Waals surface area (Å²) in [5.74, 6) is 0.0581. The zero-order valence-corrected chi connectivity index (χ0v) is 11.2. The summed E-state index contributed by atoms with van der Waals surface area (Å²) in [6, 6.07) is 5.12. The average molecular weight is 287 g/mol. The van der Waals surface area contributed by atoms with E-state index in [2.05, 4.69) is 0 Å². The molecule has 112 valence electrons. The minimum absolute atomic E-state index is 0.148. The Morgan fingerprint density at radius 1 is 1.30 bits per heavy atom. The molecule has 1 aliphatic carbocycles. The Kier molecular flexibility index (Phi) is 4.70. The molecule has 20 heavy (non-hydrogen) atoms. The van der Waals surface area contributed by atoms with Crippen molar-refractivity contribution < 1.29 is 18.3 Å². The Labute approximate surface area is 116 Å². The highest BCUT2D eigenvalue weighted by Gasteiger charge is 2.32. The fraction of sp³-hybridized carbons (Fsp3) is 0.600. The normalized spacial score (nSPS) is 19.4. The molecule has 0 aromatic heterocycles. The lowest BCUT2D eigenvalue weighted by Gasteiger charge is -2.31. The van der Waals surface area contributed by atoms with Crippen molar-refractivity contribution >= 4 is 0 Å². The fourth-order valence-electron chi connectivity index (χ4n) is 2.70. The molecule has 1 aromatic carbocycles. The van der Waals surface area contributed by atoms with Crippen molar-refractivity contribution in [3.63, 3.8) is 0 Å². The van der Waals surface area contributed by atoms with E-state index in [1.165, 1.54) is 12.5 Å². The molecule has 2 nitrogen and oxygen atoms in total. The molecule has 1 saturated carbocycles. The number of aliphatic hydroxyl groups excluding tert-OH is 1. The van der Waals surface area contributed by atoms with Crippen LogP contribution in [0.1, 0.15) is 42.7 Å². The van der Waals surface area contributed by atoms with Gasteiger partial charge in [-0.15, -0.1) is 0 Å². The predicted molar refractivity (Wildman–Crippen MR) is 71.2 cm³/mol. The number of rotatable bonds is 5. The highest BCUT2D eigenvalue weighted by Crippen LogP contribution is 2.35. The molecule has 0 saturated heterocycles. The van der Waals surface area contributed by atoms with Gasteiger partial charge in [0.05, 0.1) is 11.7 Å². The first-order valence-corrected chi connectivity index (χ1v) is 6.97. The number of hydrogen-bond acceptors (Lipinski definition) is 2. The largest absolute Gasteiger partial charge is 0.416 e. The standard InChI is InChI=1S/C15H20F3NO/c16-15(17,18)12-6-2-5-11(8-12)13(9-19)14(20)7-10-3-1-4-10/h2,5-6,8,10,13-14,20H,1,3-4,7,9,19H2. The Morgan fingerprint density at radius 3 is 2.50 bits per heavy atom. The Bertz CT molecular complexity index is 443. The van der Waals surface area contributed by atoms with Crippen LogP contribution >= 0.6 is 0 Å². The minimum atomic E-state index is -4.37. The molecule has 0 amide bonds. The van der Waals surface area contributed by atoms with Gasteiger partial charge in [0.25, 0.3) is 0 Å². The monoisotopic (exact) mass is 287 g/mol. The van der Waals surface area contributed by atoms with Crippen molar-refractivity contribution in [3.05, 3.63) is 35.4 Å². The van der Waals surface area contributed by atoms with Crippen molar-refractivity contribution in [2.24, 2.45) is 11.7 Å². The summed E-state index contributed by atoms with van der Waals surface area (Å²) in [6.45, 7) is 0.148. The maximum atomic E-state index is 12.7. The summed E-state index contributed by atoms with van der Waals surface area (Å²) in [5, 5.41) is 10.2. The smallest absolute Gasteiger partial charge is 0.392 e. The molecule has 1 fully saturated rings. The van der Waals surface area contributed by atoms with Gasteiger partial charge in [-0.2, -0.15) is 13.2 Å². The number of benzene rings is 1.